The van der Waals surface area contributed by atoms with Crippen LogP contribution in [0.1, 0.15) is 30.0 Å². The zero-order chi connectivity index (χ0) is 18.9. The first kappa shape index (κ1) is 17.9. The van der Waals surface area contributed by atoms with Crippen LogP contribution in [0.25, 0.3) is 20.8 Å². The summed E-state index contributed by atoms with van der Waals surface area (Å²) in [6.07, 6.45) is 4.57. The van der Waals surface area contributed by atoms with Gasteiger partial charge < -0.3 is 9.72 Å². The number of nitrogens with zero attached hydrogens (tertiary/aromatic N) is 2. The minimum absolute atomic E-state index is 0.606. The summed E-state index contributed by atoms with van der Waals surface area (Å²) in [5.74, 6) is 1.53. The van der Waals surface area contributed by atoms with E-state index in [-0.39, 0.29) is 0 Å². The second-order valence-electron chi connectivity index (χ2n) is 7.33. The number of thiophene rings is 1. The summed E-state index contributed by atoms with van der Waals surface area (Å²) in [7, 11) is 1.73. The summed E-state index contributed by atoms with van der Waals surface area (Å²) >= 11 is 3.52. The highest BCUT2D eigenvalue weighted by atomic mass is 32.1. The Kier molecular flexibility index (Phi) is 4.93. The molecule has 0 atom stereocenters. The molecule has 0 unspecified atom stereocenters. The van der Waals surface area contributed by atoms with Gasteiger partial charge in [-0.05, 0) is 67.1 Å². The number of thiazole rings is 1. The van der Waals surface area contributed by atoms with Crippen LogP contribution in [0, 0.1) is 0 Å². The van der Waals surface area contributed by atoms with Gasteiger partial charge in [0.2, 0.25) is 0 Å². The molecule has 0 aliphatic carbocycles. The normalized spacial score (nSPS) is 16.0. The van der Waals surface area contributed by atoms with Crippen molar-refractivity contribution in [2.75, 3.05) is 20.2 Å². The number of fused-ring (bicyclic) bond motifs is 1. The molecule has 1 N–H and O–H groups in total. The molecule has 6 heteroatoms. The molecule has 1 fully saturated rings. The van der Waals surface area contributed by atoms with E-state index in [9.17, 15) is 0 Å². The molecule has 1 aliphatic rings. The number of H-pyrrole nitrogens is 1. The third-order valence-electron chi connectivity index (χ3n) is 5.62. The second kappa shape index (κ2) is 7.70. The van der Waals surface area contributed by atoms with Crippen LogP contribution in [0.15, 0.2) is 47.3 Å². The first-order chi connectivity index (χ1) is 13.8. The van der Waals surface area contributed by atoms with E-state index in [1.807, 2.05) is 6.07 Å². The van der Waals surface area contributed by atoms with Gasteiger partial charge in [-0.1, -0.05) is 6.07 Å². The lowest BCUT2D eigenvalue weighted by atomic mass is 9.89. The van der Waals surface area contributed by atoms with Gasteiger partial charge in [-0.25, -0.2) is 4.98 Å². The molecule has 3 aromatic heterocycles. The second-order valence-corrected chi connectivity index (χ2v) is 9.13. The van der Waals surface area contributed by atoms with Gasteiger partial charge in [-0.15, -0.1) is 22.7 Å². The van der Waals surface area contributed by atoms with Crippen molar-refractivity contribution >= 4 is 33.6 Å². The van der Waals surface area contributed by atoms with Crippen LogP contribution in [0.4, 0.5) is 0 Å². The highest BCUT2D eigenvalue weighted by Gasteiger charge is 2.23. The Morgan fingerprint density at radius 3 is 2.89 bits per heavy atom. The number of aromatic amines is 1. The standard InChI is InChI=1S/C22H23N3OS2/c1-26-17-4-5-20-18(11-17)19(12-23-20)15-6-8-25(9-7-15)13-16-14-28-22(24-16)21-3-2-10-27-21/h2-5,10-12,14-15,23H,6-9,13H2,1H3. The van der Waals surface area contributed by atoms with Crippen LogP contribution in [0.3, 0.4) is 0 Å². The zero-order valence-corrected chi connectivity index (χ0v) is 17.5. The molecule has 1 saturated heterocycles. The third kappa shape index (κ3) is 3.48. The predicted molar refractivity (Wildman–Crippen MR) is 118 cm³/mol. The molecule has 0 amide bonds. The topological polar surface area (TPSA) is 41.1 Å². The lowest BCUT2D eigenvalue weighted by molar-refractivity contribution is 0.203. The van der Waals surface area contributed by atoms with Crippen molar-refractivity contribution in [2.45, 2.75) is 25.3 Å². The van der Waals surface area contributed by atoms with Crippen molar-refractivity contribution in [3.05, 3.63) is 58.5 Å². The average molecular weight is 410 g/mol. The number of piperidine rings is 1. The van der Waals surface area contributed by atoms with Gasteiger partial charge in [0.25, 0.3) is 0 Å². The third-order valence-corrected chi connectivity index (χ3v) is 7.55. The summed E-state index contributed by atoms with van der Waals surface area (Å²) < 4.78 is 5.42. The summed E-state index contributed by atoms with van der Waals surface area (Å²) in [4.78, 5) is 12.1. The maximum Gasteiger partial charge on any atom is 0.133 e. The van der Waals surface area contributed by atoms with Crippen LogP contribution >= 0.6 is 22.7 Å². The monoisotopic (exact) mass is 409 g/mol. The van der Waals surface area contributed by atoms with E-state index in [0.717, 1.165) is 30.4 Å². The molecule has 0 radical (unpaired) electrons. The number of hydrogen-bond donors (Lipinski definition) is 1. The molecule has 0 bridgehead atoms. The van der Waals surface area contributed by atoms with Gasteiger partial charge in [0, 0.05) is 29.0 Å². The lowest BCUT2D eigenvalue weighted by Crippen LogP contribution is -2.32. The number of ether oxygens (including phenoxy) is 1. The van der Waals surface area contributed by atoms with E-state index in [0.29, 0.717) is 5.92 Å². The van der Waals surface area contributed by atoms with Crippen molar-refractivity contribution in [2.24, 2.45) is 0 Å². The van der Waals surface area contributed by atoms with E-state index in [2.05, 4.69) is 51.1 Å². The molecule has 4 nitrogen and oxygen atoms in total. The van der Waals surface area contributed by atoms with Crippen molar-refractivity contribution in [1.82, 2.24) is 14.9 Å². The average Bonchev–Trinajstić information content (AvgIpc) is 3.48. The lowest BCUT2D eigenvalue weighted by Gasteiger charge is -2.31. The number of nitrogens with one attached hydrogen (secondary N) is 1. The Hall–Kier alpha value is -2.15. The fourth-order valence-electron chi connectivity index (χ4n) is 4.11. The van der Waals surface area contributed by atoms with Crippen molar-refractivity contribution in [3.63, 3.8) is 0 Å². The van der Waals surface area contributed by atoms with Gasteiger partial charge >= 0.3 is 0 Å². The maximum atomic E-state index is 5.42. The summed E-state index contributed by atoms with van der Waals surface area (Å²) in [6, 6.07) is 10.5. The van der Waals surface area contributed by atoms with Crippen LogP contribution in [-0.2, 0) is 6.54 Å². The highest BCUT2D eigenvalue weighted by molar-refractivity contribution is 7.20. The fraction of sp³-hybridized carbons (Fsp3) is 0.318. The van der Waals surface area contributed by atoms with Gasteiger partial charge in [0.1, 0.15) is 10.8 Å². The quantitative estimate of drug-likeness (QED) is 0.457. The number of methoxy groups -OCH3 is 1. The van der Waals surface area contributed by atoms with E-state index in [1.165, 1.54) is 39.9 Å². The van der Waals surface area contributed by atoms with Crippen LogP contribution < -0.4 is 4.74 Å². The minimum Gasteiger partial charge on any atom is -0.497 e. The molecule has 0 spiro atoms. The molecule has 28 heavy (non-hydrogen) atoms. The molecule has 5 rings (SSSR count). The van der Waals surface area contributed by atoms with Crippen molar-refractivity contribution < 1.29 is 4.74 Å². The molecule has 1 aliphatic heterocycles. The predicted octanol–water partition coefficient (Wildman–Crippen LogP) is 5.74. The highest BCUT2D eigenvalue weighted by Crippen LogP contribution is 2.35. The molecule has 4 heterocycles. The summed E-state index contributed by atoms with van der Waals surface area (Å²) in [5, 5.41) is 6.78. The minimum atomic E-state index is 0.606. The first-order valence-electron chi connectivity index (χ1n) is 9.66. The SMILES string of the molecule is COc1ccc2[nH]cc(C3CCN(Cc4csc(-c5cccs5)n4)CC3)c2c1. The van der Waals surface area contributed by atoms with E-state index in [1.54, 1.807) is 29.8 Å². The van der Waals surface area contributed by atoms with Gasteiger partial charge in [0.15, 0.2) is 0 Å². The van der Waals surface area contributed by atoms with Crippen LogP contribution in [-0.4, -0.2) is 35.1 Å². The van der Waals surface area contributed by atoms with E-state index < -0.39 is 0 Å². The largest absolute Gasteiger partial charge is 0.497 e. The van der Waals surface area contributed by atoms with Crippen molar-refractivity contribution in [3.8, 4) is 15.6 Å². The Balaban J connectivity index is 1.24. The Labute approximate surface area is 172 Å². The number of aromatic nitrogens is 2. The Bertz CT molecular complexity index is 1060. The van der Waals surface area contributed by atoms with Gasteiger partial charge in [-0.3, -0.25) is 4.90 Å². The smallest absolute Gasteiger partial charge is 0.133 e. The number of rotatable bonds is 5. The molecular weight excluding hydrogens is 386 g/mol. The Morgan fingerprint density at radius 1 is 1.21 bits per heavy atom. The molecular formula is C22H23N3OS2. The molecule has 1 aromatic carbocycles. The van der Waals surface area contributed by atoms with E-state index >= 15 is 0 Å². The van der Waals surface area contributed by atoms with Crippen LogP contribution in [0.2, 0.25) is 0 Å². The Morgan fingerprint density at radius 2 is 2.11 bits per heavy atom. The first-order valence-corrected chi connectivity index (χ1v) is 11.4. The van der Waals surface area contributed by atoms with Crippen LogP contribution in [0.5, 0.6) is 5.75 Å². The zero-order valence-electron chi connectivity index (χ0n) is 15.9. The number of hydrogen-bond acceptors (Lipinski definition) is 5. The fourth-order valence-corrected chi connectivity index (χ4v) is 5.74. The maximum absolute atomic E-state index is 5.42. The van der Waals surface area contributed by atoms with Crippen molar-refractivity contribution in [1.29, 1.82) is 0 Å². The van der Waals surface area contributed by atoms with E-state index in [4.69, 9.17) is 9.72 Å². The number of benzene rings is 1. The number of likely N-dealkylation sites (tertiary alicyclic amines) is 1. The molecule has 144 valence electrons. The summed E-state index contributed by atoms with van der Waals surface area (Å²) in [5.41, 5.74) is 3.83. The molecule has 0 saturated carbocycles. The van der Waals surface area contributed by atoms with Gasteiger partial charge in [0.05, 0.1) is 17.7 Å². The molecule has 4 aromatic rings. The van der Waals surface area contributed by atoms with Gasteiger partial charge in [-0.2, -0.15) is 0 Å². The summed E-state index contributed by atoms with van der Waals surface area (Å²) in [6.45, 7) is 3.19.